The summed E-state index contributed by atoms with van der Waals surface area (Å²) in [5.74, 6) is 0. The normalized spacial score (nSPS) is 10.1. The Morgan fingerprint density at radius 3 is 1.41 bits per heavy atom. The van der Waals surface area contributed by atoms with Crippen molar-refractivity contribution in [2.24, 2.45) is 0 Å². The van der Waals surface area contributed by atoms with E-state index >= 15 is 0 Å². The summed E-state index contributed by atoms with van der Waals surface area (Å²) < 4.78 is 29.0. The molecular formula is C21H39BF4N-. The Labute approximate surface area is 164 Å². The summed E-state index contributed by atoms with van der Waals surface area (Å²) in [4.78, 5) is 3.29. The molecular weight excluding hydrogens is 353 g/mol. The van der Waals surface area contributed by atoms with Crippen LogP contribution in [0.15, 0.2) is 18.3 Å². The van der Waals surface area contributed by atoms with Crippen molar-refractivity contribution < 1.29 is 17.7 Å². The molecule has 0 amide bonds. The Balaban J connectivity index is 0. The van der Waals surface area contributed by atoms with Crippen LogP contribution in [0.4, 0.5) is 12.9 Å². The second-order valence-corrected chi connectivity index (χ2v) is 7.14. The lowest BCUT2D eigenvalue weighted by atomic mass is 10.0. The van der Waals surface area contributed by atoms with Crippen molar-refractivity contribution in [2.75, 3.05) is 0 Å². The van der Waals surface area contributed by atoms with Crippen molar-refractivity contribution in [2.45, 2.75) is 110 Å². The van der Waals surface area contributed by atoms with Gasteiger partial charge in [-0.15, -0.1) is 0 Å². The quantitative estimate of drug-likeness (QED) is 0.223. The molecule has 0 saturated carbocycles. The molecule has 1 heterocycles. The van der Waals surface area contributed by atoms with Crippen LogP contribution in [0.5, 0.6) is 0 Å². The molecule has 1 aromatic heterocycles. The van der Waals surface area contributed by atoms with E-state index in [0.717, 1.165) is 0 Å². The molecule has 0 bridgehead atoms. The van der Waals surface area contributed by atoms with Gasteiger partial charge in [0.05, 0.1) is 0 Å². The molecule has 0 radical (unpaired) electrons. The van der Waals surface area contributed by atoms with Crippen molar-refractivity contribution in [3.8, 4) is 0 Å². The third-order valence-corrected chi connectivity index (χ3v) is 4.71. The van der Waals surface area contributed by atoms with Gasteiger partial charge in [-0.3, -0.25) is 12.9 Å². The predicted molar refractivity (Wildman–Crippen MR) is 109 cm³/mol. The van der Waals surface area contributed by atoms with E-state index in [1.54, 1.807) is 0 Å². The molecule has 0 saturated heterocycles. The number of unbranched alkanes of at least 4 members (excludes halogenated alkanes) is 14. The molecule has 0 fully saturated rings. The molecule has 0 atom stereocenters. The Morgan fingerprint density at radius 1 is 0.704 bits per heavy atom. The van der Waals surface area contributed by atoms with Gasteiger partial charge in [0.1, 0.15) is 0 Å². The zero-order valence-corrected chi connectivity index (χ0v) is 17.1. The fraction of sp³-hybridized carbons (Fsp3) is 0.810. The number of rotatable bonds is 16. The van der Waals surface area contributed by atoms with Crippen LogP contribution in [0.2, 0.25) is 0 Å². The summed E-state index contributed by atoms with van der Waals surface area (Å²) in [5, 5.41) is 0. The number of halogens is 4. The SMILES string of the molecule is CCCCCCCCCCCCCCCCCc1ccc[nH]1.FB(F)F.[F-]. The van der Waals surface area contributed by atoms with E-state index in [1.807, 2.05) is 6.20 Å². The van der Waals surface area contributed by atoms with Gasteiger partial charge in [-0.05, 0) is 25.0 Å². The second kappa shape index (κ2) is 23.1. The van der Waals surface area contributed by atoms with E-state index in [-0.39, 0.29) is 4.70 Å². The molecule has 27 heavy (non-hydrogen) atoms. The third-order valence-electron chi connectivity index (χ3n) is 4.71. The summed E-state index contributed by atoms with van der Waals surface area (Å²) in [6.07, 6.45) is 24.9. The Kier molecular flexibility index (Phi) is 24.2. The van der Waals surface area contributed by atoms with E-state index in [0.29, 0.717) is 0 Å². The Bertz CT molecular complexity index is 358. The van der Waals surface area contributed by atoms with E-state index in [9.17, 15) is 12.9 Å². The largest absolute Gasteiger partial charge is 1.00 e. The lowest BCUT2D eigenvalue weighted by Crippen LogP contribution is -3.00. The minimum Gasteiger partial charge on any atom is -1.00 e. The maximum absolute atomic E-state index is 9.67. The highest BCUT2D eigenvalue weighted by molar-refractivity contribution is 6.33. The fourth-order valence-electron chi connectivity index (χ4n) is 3.21. The second-order valence-electron chi connectivity index (χ2n) is 7.14. The van der Waals surface area contributed by atoms with E-state index in [4.69, 9.17) is 0 Å². The zero-order chi connectivity index (χ0) is 19.3. The standard InChI is InChI=1S/C21H39N.BF3.FH/c1-2-3-4-5-6-7-8-9-10-11-12-13-14-15-16-18-21-19-17-20-22-21;2-1(3)4;/h17,19-20,22H,2-16,18H2,1H3;;1H/p-1. The number of aromatic amines is 1. The van der Waals surface area contributed by atoms with Crippen LogP contribution >= 0.6 is 0 Å². The summed E-state index contributed by atoms with van der Waals surface area (Å²) in [6.45, 7) is 2.29. The monoisotopic (exact) mass is 392 g/mol. The van der Waals surface area contributed by atoms with Crippen molar-refractivity contribution in [3.05, 3.63) is 24.0 Å². The third kappa shape index (κ3) is 25.1. The average molecular weight is 392 g/mol. The van der Waals surface area contributed by atoms with E-state index < -0.39 is 7.54 Å². The van der Waals surface area contributed by atoms with Gasteiger partial charge in [-0.1, -0.05) is 96.8 Å². The first-order valence-corrected chi connectivity index (χ1v) is 10.7. The molecule has 1 rings (SSSR count). The molecule has 1 nitrogen and oxygen atoms in total. The van der Waals surface area contributed by atoms with Crippen LogP contribution in [-0.4, -0.2) is 12.5 Å². The van der Waals surface area contributed by atoms with Crippen LogP contribution < -0.4 is 4.70 Å². The zero-order valence-electron chi connectivity index (χ0n) is 17.1. The van der Waals surface area contributed by atoms with Gasteiger partial charge in [-0.2, -0.15) is 0 Å². The van der Waals surface area contributed by atoms with Gasteiger partial charge in [0.25, 0.3) is 0 Å². The van der Waals surface area contributed by atoms with Crippen LogP contribution in [0.1, 0.15) is 109 Å². The molecule has 0 aliphatic heterocycles. The van der Waals surface area contributed by atoms with Crippen molar-refractivity contribution in [1.29, 1.82) is 0 Å². The maximum atomic E-state index is 9.67. The first-order valence-electron chi connectivity index (χ1n) is 10.7. The lowest BCUT2D eigenvalue weighted by Gasteiger charge is -2.03. The molecule has 0 aliphatic carbocycles. The molecule has 1 N–H and O–H groups in total. The fourth-order valence-corrected chi connectivity index (χ4v) is 3.21. The van der Waals surface area contributed by atoms with Gasteiger partial charge in [0.2, 0.25) is 0 Å². The van der Waals surface area contributed by atoms with Crippen molar-refractivity contribution in [1.82, 2.24) is 4.98 Å². The highest BCUT2D eigenvalue weighted by Crippen LogP contribution is 2.13. The van der Waals surface area contributed by atoms with Crippen LogP contribution in [0, 0.1) is 0 Å². The highest BCUT2D eigenvalue weighted by atomic mass is 19.4. The van der Waals surface area contributed by atoms with Crippen LogP contribution in [-0.2, 0) is 6.42 Å². The maximum Gasteiger partial charge on any atom is 0.762 e. The summed E-state index contributed by atoms with van der Waals surface area (Å²) in [7, 11) is -3.67. The average Bonchev–Trinajstić information content (AvgIpc) is 3.11. The number of aryl methyl sites for hydroxylation is 1. The number of nitrogens with one attached hydrogen (secondary N) is 1. The van der Waals surface area contributed by atoms with Crippen LogP contribution in [0.25, 0.3) is 0 Å². The molecule has 6 heteroatoms. The van der Waals surface area contributed by atoms with Gasteiger partial charge >= 0.3 is 7.54 Å². The molecule has 0 spiro atoms. The van der Waals surface area contributed by atoms with Gasteiger partial charge < -0.3 is 9.69 Å². The molecule has 160 valence electrons. The first-order chi connectivity index (χ1) is 12.7. The van der Waals surface area contributed by atoms with Crippen LogP contribution in [0.3, 0.4) is 0 Å². The summed E-state index contributed by atoms with van der Waals surface area (Å²) >= 11 is 0. The van der Waals surface area contributed by atoms with Gasteiger partial charge in [0.15, 0.2) is 0 Å². The topological polar surface area (TPSA) is 15.8 Å². The minimum atomic E-state index is -3.67. The molecule has 0 unspecified atom stereocenters. The number of aromatic nitrogens is 1. The van der Waals surface area contributed by atoms with Crippen molar-refractivity contribution in [3.63, 3.8) is 0 Å². The van der Waals surface area contributed by atoms with Crippen molar-refractivity contribution >= 4 is 7.54 Å². The Hall–Kier alpha value is -0.935. The Morgan fingerprint density at radius 2 is 1.07 bits per heavy atom. The molecule has 1 aromatic rings. The summed E-state index contributed by atoms with van der Waals surface area (Å²) in [6, 6.07) is 4.30. The first kappa shape index (κ1) is 28.3. The van der Waals surface area contributed by atoms with Gasteiger partial charge in [-0.25, -0.2) is 0 Å². The van der Waals surface area contributed by atoms with E-state index in [2.05, 4.69) is 24.0 Å². The number of H-pyrrole nitrogens is 1. The number of hydrogen-bond donors (Lipinski definition) is 1. The minimum absolute atomic E-state index is 0. The lowest BCUT2D eigenvalue weighted by molar-refractivity contribution is -0.00000853. The molecule has 0 aliphatic rings. The summed E-state index contributed by atoms with van der Waals surface area (Å²) in [5.41, 5.74) is 1.40. The highest BCUT2D eigenvalue weighted by Gasteiger charge is 2.06. The number of hydrogen-bond acceptors (Lipinski definition) is 0. The van der Waals surface area contributed by atoms with E-state index in [1.165, 1.54) is 108 Å². The smallest absolute Gasteiger partial charge is 0.762 e. The predicted octanol–water partition coefficient (Wildman–Crippen LogP) is 5.31. The molecule has 0 aromatic carbocycles. The van der Waals surface area contributed by atoms with Gasteiger partial charge in [0, 0.05) is 11.9 Å².